The normalized spacial score (nSPS) is 13.4. The third kappa shape index (κ3) is 8.65. The summed E-state index contributed by atoms with van der Waals surface area (Å²) in [5, 5.41) is 9.96. The molecule has 0 aliphatic carbocycles. The van der Waals surface area contributed by atoms with Gasteiger partial charge in [0.1, 0.15) is 11.2 Å². The van der Waals surface area contributed by atoms with E-state index in [0.717, 1.165) is 44.7 Å². The standard InChI is InChI=1S/C82H72BN3OS2Si/c1-51-23-19-27-58(45-51)90(82(9,10)11,59-28-20-24-52(2)46-59)60-49-69-76-70(50-60)86(66-32-22-35-72-75(66)63-30-15-17-34-71(63)87-72)77-64-47-54(81(6,7)8)39-44-74(64)89-79(77)83(76)65-43-42-57(84(55-25-13-12-14-26-55)56-40-37-53(38-41-56)80(3,4)5)48-68(65)85(69)67-33-21-31-62-61-29-16-18-36-73(61)88-78(62)67/h12-50H,1-11H3. The molecule has 0 N–H and O–H groups in total. The highest BCUT2D eigenvalue weighted by atomic mass is 32.1. The number of furan rings is 1. The lowest BCUT2D eigenvalue weighted by Crippen LogP contribution is -2.73. The molecule has 0 spiro atoms. The lowest BCUT2D eigenvalue weighted by Gasteiger charge is -2.48. The molecule has 440 valence electrons. The van der Waals surface area contributed by atoms with Crippen molar-refractivity contribution in [2.24, 2.45) is 0 Å². The Hall–Kier alpha value is -8.92. The van der Waals surface area contributed by atoms with Crippen molar-refractivity contribution in [2.75, 3.05) is 14.7 Å². The first-order valence-corrected chi connectivity index (χ1v) is 35.4. The minimum absolute atomic E-state index is 0.00140. The van der Waals surface area contributed by atoms with E-state index in [1.807, 2.05) is 22.7 Å². The summed E-state index contributed by atoms with van der Waals surface area (Å²) in [5.74, 6) is 0. The van der Waals surface area contributed by atoms with Crippen molar-refractivity contribution in [2.45, 2.75) is 92.0 Å². The van der Waals surface area contributed by atoms with Crippen molar-refractivity contribution < 1.29 is 4.42 Å². The quantitative estimate of drug-likeness (QED) is 0.112. The highest BCUT2D eigenvalue weighted by molar-refractivity contribution is 7.34. The molecule has 0 atom stereocenters. The zero-order valence-corrected chi connectivity index (χ0v) is 55.8. The van der Waals surface area contributed by atoms with Crippen LogP contribution >= 0.6 is 22.7 Å². The lowest BCUT2D eigenvalue weighted by atomic mass is 9.36. The maximum Gasteiger partial charge on any atom is 0.264 e. The number of rotatable bonds is 8. The van der Waals surface area contributed by atoms with Crippen LogP contribution < -0.4 is 46.0 Å². The number of hydrogen-bond acceptors (Lipinski definition) is 6. The van der Waals surface area contributed by atoms with E-state index in [1.165, 1.54) is 112 Å². The fourth-order valence-corrected chi connectivity index (χ4v) is 23.7. The summed E-state index contributed by atoms with van der Waals surface area (Å²) in [4.78, 5) is 7.90. The molecule has 0 radical (unpaired) electrons. The van der Waals surface area contributed by atoms with Gasteiger partial charge in [-0.3, -0.25) is 0 Å². The number of thiophene rings is 2. The number of nitrogens with zero attached hydrogens (tertiary/aromatic N) is 3. The molecule has 16 rings (SSSR count). The van der Waals surface area contributed by atoms with Crippen molar-refractivity contribution >= 4 is 172 Å². The minimum Gasteiger partial charge on any atom is -0.456 e. The summed E-state index contributed by atoms with van der Waals surface area (Å²) >= 11 is 3.88. The molecule has 0 saturated carbocycles. The van der Waals surface area contributed by atoms with Crippen LogP contribution in [0.5, 0.6) is 0 Å². The maximum atomic E-state index is 6.90. The molecule has 0 unspecified atom stereocenters. The fourth-order valence-electron chi connectivity index (χ4n) is 15.3. The highest BCUT2D eigenvalue weighted by Gasteiger charge is 2.53. The van der Waals surface area contributed by atoms with E-state index in [-0.39, 0.29) is 22.6 Å². The maximum absolute atomic E-state index is 6.90. The molecule has 2 aliphatic heterocycles. The summed E-state index contributed by atoms with van der Waals surface area (Å²) in [6.45, 7) is 25.9. The molecule has 8 heteroatoms. The van der Waals surface area contributed by atoms with Crippen LogP contribution in [-0.2, 0) is 10.8 Å². The van der Waals surface area contributed by atoms with Gasteiger partial charge in [0.05, 0.1) is 27.1 Å². The first kappa shape index (κ1) is 56.3. The fraction of sp³-hybridized carbons (Fsp3) is 0.171. The second kappa shape index (κ2) is 20.6. The van der Waals surface area contributed by atoms with Crippen LogP contribution in [0.15, 0.2) is 241 Å². The monoisotopic (exact) mass is 1220 g/mol. The van der Waals surface area contributed by atoms with Gasteiger partial charge in [-0.15, -0.1) is 22.7 Å². The first-order valence-electron chi connectivity index (χ1n) is 31.8. The minimum atomic E-state index is -3.18. The molecule has 14 aromatic rings. The Kier molecular flexibility index (Phi) is 12.9. The predicted molar refractivity (Wildman–Crippen MR) is 395 cm³/mol. The summed E-state index contributed by atoms with van der Waals surface area (Å²) in [6.07, 6.45) is 0. The van der Waals surface area contributed by atoms with Crippen LogP contribution in [0.1, 0.15) is 84.6 Å². The van der Waals surface area contributed by atoms with E-state index in [2.05, 4.69) is 327 Å². The van der Waals surface area contributed by atoms with Gasteiger partial charge in [0.15, 0.2) is 8.07 Å². The van der Waals surface area contributed by atoms with Crippen molar-refractivity contribution in [3.63, 3.8) is 0 Å². The largest absolute Gasteiger partial charge is 0.456 e. The SMILES string of the molecule is Cc1cccc([Si](c2cccc(C)c2)(c2cc3c4c(c2)N(c2cccc5oc6ccccc6c25)c2c(sc5ccc(C(C)(C)C)cc25)B4c2ccc(N(c4ccccc4)c4ccc(C(C)(C)C)cc4)cc2N3c2cccc3c2sc2ccccc23)C(C)(C)C)c1. The Morgan fingerprint density at radius 2 is 0.989 bits per heavy atom. The van der Waals surface area contributed by atoms with Crippen LogP contribution in [0.4, 0.5) is 51.2 Å². The van der Waals surface area contributed by atoms with Gasteiger partial charge in [-0.2, -0.15) is 0 Å². The Balaban J connectivity index is 1.11. The molecule has 0 bridgehead atoms. The summed E-state index contributed by atoms with van der Waals surface area (Å²) in [5.41, 5.74) is 19.8. The van der Waals surface area contributed by atoms with Gasteiger partial charge in [0, 0.05) is 69.8 Å². The van der Waals surface area contributed by atoms with Gasteiger partial charge in [-0.25, -0.2) is 0 Å². The van der Waals surface area contributed by atoms with Gasteiger partial charge < -0.3 is 19.1 Å². The van der Waals surface area contributed by atoms with E-state index in [0.29, 0.717) is 0 Å². The van der Waals surface area contributed by atoms with Crippen molar-refractivity contribution in [3.05, 3.63) is 259 Å². The second-order valence-electron chi connectivity index (χ2n) is 28.3. The van der Waals surface area contributed by atoms with Gasteiger partial charge in [-0.1, -0.05) is 219 Å². The van der Waals surface area contributed by atoms with Crippen molar-refractivity contribution in [1.82, 2.24) is 0 Å². The van der Waals surface area contributed by atoms with Crippen LogP contribution in [0.2, 0.25) is 5.04 Å². The Morgan fingerprint density at radius 1 is 0.411 bits per heavy atom. The topological polar surface area (TPSA) is 22.9 Å². The number of fused-ring (bicyclic) bond motifs is 12. The van der Waals surface area contributed by atoms with Crippen LogP contribution in [0.3, 0.4) is 0 Å². The number of para-hydroxylation sites is 2. The van der Waals surface area contributed by atoms with E-state index in [9.17, 15) is 0 Å². The molecule has 0 saturated heterocycles. The molecular weight excluding hydrogens is 1150 g/mol. The molecule has 0 fully saturated rings. The van der Waals surface area contributed by atoms with E-state index in [1.54, 1.807) is 0 Å². The summed E-state index contributed by atoms with van der Waals surface area (Å²) in [6, 6.07) is 90.9. The lowest BCUT2D eigenvalue weighted by molar-refractivity contribution is 0.590. The van der Waals surface area contributed by atoms with Gasteiger partial charge in [0.25, 0.3) is 6.71 Å². The third-order valence-corrected chi connectivity index (χ3v) is 27.7. The molecule has 3 aromatic heterocycles. The van der Waals surface area contributed by atoms with Crippen LogP contribution in [0, 0.1) is 13.8 Å². The van der Waals surface area contributed by atoms with E-state index >= 15 is 0 Å². The average molecular weight is 1220 g/mol. The number of anilines is 9. The van der Waals surface area contributed by atoms with Gasteiger partial charge in [0.2, 0.25) is 0 Å². The van der Waals surface area contributed by atoms with Crippen molar-refractivity contribution in [3.8, 4) is 0 Å². The number of benzene rings is 11. The Morgan fingerprint density at radius 3 is 1.69 bits per heavy atom. The molecule has 5 heterocycles. The molecule has 2 aliphatic rings. The molecular formula is C82H72BN3OS2Si. The first-order chi connectivity index (χ1) is 43.3. The Labute approximate surface area is 538 Å². The molecule has 90 heavy (non-hydrogen) atoms. The summed E-state index contributed by atoms with van der Waals surface area (Å²) < 4.78 is 12.1. The smallest absolute Gasteiger partial charge is 0.264 e. The second-order valence-corrected chi connectivity index (χ2v) is 35.1. The average Bonchev–Trinajstić information content (AvgIpc) is 1.16. The van der Waals surface area contributed by atoms with Gasteiger partial charge >= 0.3 is 0 Å². The molecule has 4 nitrogen and oxygen atoms in total. The van der Waals surface area contributed by atoms with Crippen LogP contribution in [-0.4, -0.2) is 14.8 Å². The predicted octanol–water partition coefficient (Wildman–Crippen LogP) is 20.2. The van der Waals surface area contributed by atoms with Crippen LogP contribution in [0.25, 0.3) is 52.2 Å². The zero-order valence-electron chi connectivity index (χ0n) is 53.2. The summed E-state index contributed by atoms with van der Waals surface area (Å²) in [7, 11) is -3.18. The number of hydrogen-bond donors (Lipinski definition) is 0. The third-order valence-electron chi connectivity index (χ3n) is 19.5. The Bertz CT molecular complexity index is 5160. The zero-order chi connectivity index (χ0) is 61.8. The van der Waals surface area contributed by atoms with Crippen molar-refractivity contribution in [1.29, 1.82) is 0 Å². The molecule has 11 aromatic carbocycles. The number of aryl methyl sites for hydroxylation is 2. The highest BCUT2D eigenvalue weighted by Crippen LogP contribution is 2.54. The van der Waals surface area contributed by atoms with E-state index < -0.39 is 8.07 Å². The van der Waals surface area contributed by atoms with Gasteiger partial charge in [-0.05, 0) is 158 Å². The van der Waals surface area contributed by atoms with E-state index in [4.69, 9.17) is 4.42 Å². The molecule has 0 amide bonds.